The third-order valence-electron chi connectivity index (χ3n) is 7.81. The number of hydrogen-bond acceptors (Lipinski definition) is 20. The molecule has 0 aromatic carbocycles. The lowest BCUT2D eigenvalue weighted by Gasteiger charge is -2.50. The number of hydrogen-bond donors (Lipinski definition) is 13. The molecule has 4 rings (SSSR count). The zero-order valence-corrected chi connectivity index (χ0v) is 22.5. The van der Waals surface area contributed by atoms with Crippen molar-refractivity contribution in [2.45, 2.75) is 117 Å². The third-order valence-corrected chi connectivity index (χ3v) is 7.81. The van der Waals surface area contributed by atoms with E-state index < -0.39 is 143 Å². The van der Waals surface area contributed by atoms with Crippen molar-refractivity contribution in [1.29, 1.82) is 0 Å². The van der Waals surface area contributed by atoms with Crippen LogP contribution < -0.4 is 0 Å². The van der Waals surface area contributed by atoms with Gasteiger partial charge >= 0.3 is 0 Å². The van der Waals surface area contributed by atoms with Crippen LogP contribution in [-0.2, 0) is 33.2 Å². The molecule has 0 bridgehead atoms. The summed E-state index contributed by atoms with van der Waals surface area (Å²) in [6.07, 6.45) is -33.8. The van der Waals surface area contributed by atoms with E-state index in [1.807, 2.05) is 0 Å². The minimum Gasteiger partial charge on any atom is -0.394 e. The van der Waals surface area contributed by atoms with Gasteiger partial charge in [-0.2, -0.15) is 0 Å². The van der Waals surface area contributed by atoms with Crippen LogP contribution in [0, 0.1) is 0 Å². The first kappa shape index (κ1) is 35.1. The van der Waals surface area contributed by atoms with E-state index >= 15 is 0 Å². The molecule has 0 aromatic rings. The van der Waals surface area contributed by atoms with E-state index in [9.17, 15) is 66.4 Å². The molecule has 20 heteroatoms. The van der Waals surface area contributed by atoms with Gasteiger partial charge in [-0.05, 0) is 0 Å². The zero-order chi connectivity index (χ0) is 31.7. The fraction of sp³-hybridized carbons (Fsp3) is 1.00. The van der Waals surface area contributed by atoms with E-state index in [4.69, 9.17) is 33.2 Å². The molecule has 0 amide bonds. The fourth-order valence-corrected chi connectivity index (χ4v) is 5.23. The zero-order valence-electron chi connectivity index (χ0n) is 22.5. The number of ether oxygens (including phenoxy) is 7. The molecule has 0 spiro atoms. The molecule has 0 saturated carbocycles. The van der Waals surface area contributed by atoms with E-state index in [1.54, 1.807) is 0 Å². The van der Waals surface area contributed by atoms with Gasteiger partial charge in [0.15, 0.2) is 25.2 Å². The Balaban J connectivity index is 1.68. The van der Waals surface area contributed by atoms with Crippen molar-refractivity contribution in [3.8, 4) is 0 Å². The van der Waals surface area contributed by atoms with Crippen molar-refractivity contribution in [3.05, 3.63) is 0 Å². The van der Waals surface area contributed by atoms with Gasteiger partial charge in [0.1, 0.15) is 91.6 Å². The minimum absolute atomic E-state index is 0.520. The molecule has 4 aliphatic heterocycles. The Hall–Kier alpha value is -0.800. The van der Waals surface area contributed by atoms with Gasteiger partial charge in [-0.1, -0.05) is 0 Å². The summed E-state index contributed by atoms with van der Waals surface area (Å²) in [5.74, 6) is 0. The Kier molecular flexibility index (Phi) is 12.0. The summed E-state index contributed by atoms with van der Waals surface area (Å²) < 4.78 is 38.6. The summed E-state index contributed by atoms with van der Waals surface area (Å²) in [5, 5.41) is 132. The molecule has 20 nitrogen and oxygen atoms in total. The second-order valence-corrected chi connectivity index (χ2v) is 10.7. The largest absolute Gasteiger partial charge is 0.394 e. The van der Waals surface area contributed by atoms with Crippen molar-refractivity contribution in [2.75, 3.05) is 26.4 Å². The summed E-state index contributed by atoms with van der Waals surface area (Å²) in [6, 6.07) is 0. The van der Waals surface area contributed by atoms with E-state index in [1.165, 1.54) is 0 Å². The molecular formula is C23H40O20. The summed E-state index contributed by atoms with van der Waals surface area (Å²) in [4.78, 5) is 0. The predicted molar refractivity (Wildman–Crippen MR) is 128 cm³/mol. The van der Waals surface area contributed by atoms with Crippen molar-refractivity contribution < 1.29 is 99.5 Å². The Morgan fingerprint density at radius 3 is 1.60 bits per heavy atom. The fourth-order valence-electron chi connectivity index (χ4n) is 5.23. The van der Waals surface area contributed by atoms with E-state index in [-0.39, 0.29) is 0 Å². The lowest BCUT2D eigenvalue weighted by Crippen LogP contribution is -2.68. The topological polar surface area (TPSA) is 328 Å². The predicted octanol–water partition coefficient (Wildman–Crippen LogP) is -9.11. The van der Waals surface area contributed by atoms with E-state index in [2.05, 4.69) is 0 Å². The maximum Gasteiger partial charge on any atom is 0.187 e. The third kappa shape index (κ3) is 7.13. The van der Waals surface area contributed by atoms with Gasteiger partial charge in [0.05, 0.1) is 26.4 Å². The second kappa shape index (κ2) is 14.7. The maximum atomic E-state index is 11.1. The average molecular weight is 637 g/mol. The van der Waals surface area contributed by atoms with Gasteiger partial charge in [-0.15, -0.1) is 0 Å². The van der Waals surface area contributed by atoms with Crippen LogP contribution in [0.2, 0.25) is 0 Å². The lowest BCUT2D eigenvalue weighted by molar-refractivity contribution is -0.402. The molecule has 252 valence electrons. The van der Waals surface area contributed by atoms with Crippen LogP contribution in [0.3, 0.4) is 0 Å². The molecule has 1 unspecified atom stereocenters. The van der Waals surface area contributed by atoms with Crippen molar-refractivity contribution >= 4 is 0 Å². The molecular weight excluding hydrogens is 596 g/mol. The maximum absolute atomic E-state index is 11.1. The van der Waals surface area contributed by atoms with Crippen LogP contribution in [0.4, 0.5) is 0 Å². The van der Waals surface area contributed by atoms with Crippen molar-refractivity contribution in [2.24, 2.45) is 0 Å². The van der Waals surface area contributed by atoms with Gasteiger partial charge in [0.25, 0.3) is 0 Å². The van der Waals surface area contributed by atoms with Crippen LogP contribution in [0.15, 0.2) is 0 Å². The summed E-state index contributed by atoms with van der Waals surface area (Å²) >= 11 is 0. The van der Waals surface area contributed by atoms with Crippen LogP contribution >= 0.6 is 0 Å². The molecule has 0 aliphatic carbocycles. The van der Waals surface area contributed by atoms with Crippen LogP contribution in [0.1, 0.15) is 0 Å². The first-order valence-electron chi connectivity index (χ1n) is 13.5. The van der Waals surface area contributed by atoms with Crippen LogP contribution in [0.25, 0.3) is 0 Å². The minimum atomic E-state index is -1.99. The Labute approximate surface area is 243 Å². The van der Waals surface area contributed by atoms with Gasteiger partial charge in [-0.3, -0.25) is 0 Å². The normalized spacial score (nSPS) is 53.1. The molecule has 0 aromatic heterocycles. The van der Waals surface area contributed by atoms with Crippen molar-refractivity contribution in [1.82, 2.24) is 0 Å². The summed E-state index contributed by atoms with van der Waals surface area (Å²) in [7, 11) is 0. The van der Waals surface area contributed by atoms with Crippen molar-refractivity contribution in [3.63, 3.8) is 0 Å². The number of aliphatic hydroxyl groups is 13. The van der Waals surface area contributed by atoms with Crippen LogP contribution in [0.5, 0.6) is 0 Å². The standard InChI is InChI=1S/C23H40O20/c24-1-6-10(29)12(31)16(35)22(39-6)43-19-18(42-21-15(34)9(28)5(27)4-37-21)11(30)7(2-25)40-23(19)41-17-8(3-26)38-20(36)14(33)13(17)32/h5-36H,1-4H2/t5-,6-,7-,8-,9+,10-,11-,12+,13-,14-,15-,16-,17+,18+,19-,20?,21+,22+,23+/m1/s1. The molecule has 0 radical (unpaired) electrons. The highest BCUT2D eigenvalue weighted by molar-refractivity contribution is 4.97. The summed E-state index contributed by atoms with van der Waals surface area (Å²) in [6.45, 7) is -3.11. The first-order chi connectivity index (χ1) is 20.3. The van der Waals surface area contributed by atoms with Gasteiger partial charge in [-0.25, -0.2) is 0 Å². The Morgan fingerprint density at radius 2 is 0.977 bits per heavy atom. The van der Waals surface area contributed by atoms with Crippen LogP contribution in [-0.4, -0.2) is 210 Å². The SMILES string of the molecule is OC[C@H]1O[C@@H](O[C@H]2[C@H](O[C@@H]3[C@H](O)[C@@H](O)C(O)O[C@@H]3CO)O[C@H](CO)[C@@H](O)[C@@H]2O[C@@H]2OC[C@@H](O)[C@H](O)[C@H]2O)[C@H](O)[C@@H](O)[C@@H]1O. The molecule has 4 fully saturated rings. The Bertz CT molecular complexity index is 867. The lowest BCUT2D eigenvalue weighted by atomic mass is 9.95. The highest BCUT2D eigenvalue weighted by Gasteiger charge is 2.55. The molecule has 4 aliphatic rings. The highest BCUT2D eigenvalue weighted by Crippen LogP contribution is 2.35. The molecule has 4 saturated heterocycles. The molecule has 19 atom stereocenters. The second-order valence-electron chi connectivity index (χ2n) is 10.7. The smallest absolute Gasteiger partial charge is 0.187 e. The monoisotopic (exact) mass is 636 g/mol. The molecule has 4 heterocycles. The Morgan fingerprint density at radius 1 is 0.442 bits per heavy atom. The molecule has 13 N–H and O–H groups in total. The number of rotatable bonds is 9. The van der Waals surface area contributed by atoms with Gasteiger partial charge in [0.2, 0.25) is 0 Å². The summed E-state index contributed by atoms with van der Waals surface area (Å²) in [5.41, 5.74) is 0. The number of aliphatic hydroxyl groups excluding tert-OH is 13. The van der Waals surface area contributed by atoms with Gasteiger partial charge < -0.3 is 99.5 Å². The average Bonchev–Trinajstić information content (AvgIpc) is 2.99. The van der Waals surface area contributed by atoms with Gasteiger partial charge in [0, 0.05) is 0 Å². The highest BCUT2D eigenvalue weighted by atomic mass is 16.8. The molecule has 43 heavy (non-hydrogen) atoms. The van der Waals surface area contributed by atoms with E-state index in [0.717, 1.165) is 0 Å². The first-order valence-corrected chi connectivity index (χ1v) is 13.5. The quantitative estimate of drug-likeness (QED) is 0.112. The van der Waals surface area contributed by atoms with E-state index in [0.29, 0.717) is 0 Å².